The Morgan fingerprint density at radius 2 is 2.50 bits per heavy atom. The predicted octanol–water partition coefficient (Wildman–Crippen LogP) is 1.54. The monoisotopic (exact) mass is 212 g/mol. The molecular formula is C10H16N2OS. The fraction of sp³-hybridized carbons (Fsp3) is 0.700. The van der Waals surface area contributed by atoms with Crippen LogP contribution < -0.4 is 5.32 Å². The molecule has 2 unspecified atom stereocenters. The SMILES string of the molecule is OC1CCCC(NCc2cncs2)C1. The molecule has 0 aromatic carbocycles. The third-order valence-electron chi connectivity index (χ3n) is 2.69. The summed E-state index contributed by atoms with van der Waals surface area (Å²) in [6.07, 6.45) is 6.01. The van der Waals surface area contributed by atoms with Crippen LogP contribution in [0.2, 0.25) is 0 Å². The van der Waals surface area contributed by atoms with E-state index in [0.29, 0.717) is 6.04 Å². The van der Waals surface area contributed by atoms with E-state index in [4.69, 9.17) is 0 Å². The Bertz CT molecular complexity index is 263. The highest BCUT2D eigenvalue weighted by Gasteiger charge is 2.19. The lowest BCUT2D eigenvalue weighted by Crippen LogP contribution is -2.35. The molecule has 1 aliphatic rings. The first-order chi connectivity index (χ1) is 6.84. The molecule has 1 saturated carbocycles. The summed E-state index contributed by atoms with van der Waals surface area (Å²) in [4.78, 5) is 5.30. The van der Waals surface area contributed by atoms with E-state index in [1.807, 2.05) is 11.7 Å². The molecule has 2 N–H and O–H groups in total. The van der Waals surface area contributed by atoms with Crippen molar-refractivity contribution in [3.05, 3.63) is 16.6 Å². The lowest BCUT2D eigenvalue weighted by atomic mass is 9.93. The zero-order valence-corrected chi connectivity index (χ0v) is 8.96. The molecule has 4 heteroatoms. The minimum Gasteiger partial charge on any atom is -0.393 e. The molecule has 78 valence electrons. The van der Waals surface area contributed by atoms with Crippen LogP contribution >= 0.6 is 11.3 Å². The van der Waals surface area contributed by atoms with Crippen molar-refractivity contribution in [3.63, 3.8) is 0 Å². The van der Waals surface area contributed by atoms with Gasteiger partial charge < -0.3 is 10.4 Å². The van der Waals surface area contributed by atoms with E-state index in [1.165, 1.54) is 11.3 Å². The fourth-order valence-electron chi connectivity index (χ4n) is 1.92. The quantitative estimate of drug-likeness (QED) is 0.799. The van der Waals surface area contributed by atoms with E-state index in [0.717, 1.165) is 25.8 Å². The van der Waals surface area contributed by atoms with Gasteiger partial charge in [0.15, 0.2) is 0 Å². The van der Waals surface area contributed by atoms with E-state index in [9.17, 15) is 5.11 Å². The summed E-state index contributed by atoms with van der Waals surface area (Å²) in [5, 5.41) is 13.0. The van der Waals surface area contributed by atoms with Crippen LogP contribution in [0.1, 0.15) is 30.6 Å². The van der Waals surface area contributed by atoms with Gasteiger partial charge in [0, 0.05) is 23.7 Å². The molecule has 2 rings (SSSR count). The Kier molecular flexibility index (Phi) is 3.50. The smallest absolute Gasteiger partial charge is 0.0794 e. The number of nitrogens with zero attached hydrogens (tertiary/aromatic N) is 1. The zero-order valence-electron chi connectivity index (χ0n) is 8.15. The van der Waals surface area contributed by atoms with E-state index < -0.39 is 0 Å². The van der Waals surface area contributed by atoms with E-state index in [-0.39, 0.29) is 6.10 Å². The highest BCUT2D eigenvalue weighted by molar-refractivity contribution is 7.09. The average molecular weight is 212 g/mol. The minimum atomic E-state index is -0.0947. The molecule has 0 bridgehead atoms. The second kappa shape index (κ2) is 4.87. The molecule has 1 aromatic rings. The van der Waals surface area contributed by atoms with Crippen LogP contribution in [0.15, 0.2) is 11.7 Å². The number of aliphatic hydroxyl groups excluding tert-OH is 1. The number of rotatable bonds is 3. The van der Waals surface area contributed by atoms with Crippen molar-refractivity contribution in [2.75, 3.05) is 0 Å². The molecule has 14 heavy (non-hydrogen) atoms. The molecule has 1 heterocycles. The van der Waals surface area contributed by atoms with Gasteiger partial charge in [-0.25, -0.2) is 0 Å². The Morgan fingerprint density at radius 3 is 3.21 bits per heavy atom. The second-order valence-electron chi connectivity index (χ2n) is 3.87. The summed E-state index contributed by atoms with van der Waals surface area (Å²) in [5.41, 5.74) is 1.85. The van der Waals surface area contributed by atoms with Gasteiger partial charge in [-0.3, -0.25) is 4.98 Å². The van der Waals surface area contributed by atoms with Gasteiger partial charge >= 0.3 is 0 Å². The molecular weight excluding hydrogens is 196 g/mol. The number of aromatic nitrogens is 1. The number of nitrogens with one attached hydrogen (secondary N) is 1. The molecule has 1 fully saturated rings. The number of thiazole rings is 1. The van der Waals surface area contributed by atoms with Gasteiger partial charge in [0.1, 0.15) is 0 Å². The molecule has 3 nitrogen and oxygen atoms in total. The van der Waals surface area contributed by atoms with Crippen molar-refractivity contribution in [2.24, 2.45) is 0 Å². The largest absolute Gasteiger partial charge is 0.393 e. The standard InChI is InChI=1S/C10H16N2OS/c13-9-3-1-2-8(4-9)12-6-10-5-11-7-14-10/h5,7-9,12-13H,1-4,6H2. The molecule has 2 atom stereocenters. The van der Waals surface area contributed by atoms with Crippen LogP contribution in [0.3, 0.4) is 0 Å². The van der Waals surface area contributed by atoms with Crippen LogP contribution in [0, 0.1) is 0 Å². The maximum Gasteiger partial charge on any atom is 0.0794 e. The lowest BCUT2D eigenvalue weighted by molar-refractivity contribution is 0.111. The molecule has 0 radical (unpaired) electrons. The Labute approximate surface area is 88.2 Å². The maximum atomic E-state index is 9.49. The second-order valence-corrected chi connectivity index (χ2v) is 4.84. The van der Waals surface area contributed by atoms with E-state index in [2.05, 4.69) is 10.3 Å². The Balaban J connectivity index is 1.75. The molecule has 0 amide bonds. The molecule has 1 aromatic heterocycles. The third kappa shape index (κ3) is 2.77. The number of hydrogen-bond donors (Lipinski definition) is 2. The lowest BCUT2D eigenvalue weighted by Gasteiger charge is -2.26. The highest BCUT2D eigenvalue weighted by Crippen LogP contribution is 2.18. The van der Waals surface area contributed by atoms with Crippen LogP contribution in [0.25, 0.3) is 0 Å². The normalized spacial score (nSPS) is 27.8. The van der Waals surface area contributed by atoms with E-state index in [1.54, 1.807) is 11.3 Å². The van der Waals surface area contributed by atoms with Crippen molar-refractivity contribution in [1.29, 1.82) is 0 Å². The zero-order chi connectivity index (χ0) is 9.80. The molecule has 0 saturated heterocycles. The minimum absolute atomic E-state index is 0.0947. The average Bonchev–Trinajstić information content (AvgIpc) is 2.67. The third-order valence-corrected chi connectivity index (χ3v) is 3.47. The van der Waals surface area contributed by atoms with Crippen molar-refractivity contribution in [3.8, 4) is 0 Å². The van der Waals surface area contributed by atoms with Gasteiger partial charge in [0.2, 0.25) is 0 Å². The topological polar surface area (TPSA) is 45.1 Å². The number of hydrogen-bond acceptors (Lipinski definition) is 4. The first-order valence-electron chi connectivity index (χ1n) is 5.13. The van der Waals surface area contributed by atoms with Crippen molar-refractivity contribution < 1.29 is 5.11 Å². The Hall–Kier alpha value is -0.450. The fourth-order valence-corrected chi connectivity index (χ4v) is 2.47. The van der Waals surface area contributed by atoms with Crippen LogP contribution in [-0.4, -0.2) is 22.2 Å². The van der Waals surface area contributed by atoms with Gasteiger partial charge in [-0.2, -0.15) is 0 Å². The molecule has 0 spiro atoms. The summed E-state index contributed by atoms with van der Waals surface area (Å²) in [5.74, 6) is 0. The summed E-state index contributed by atoms with van der Waals surface area (Å²) < 4.78 is 0. The van der Waals surface area contributed by atoms with Gasteiger partial charge in [-0.05, 0) is 25.7 Å². The summed E-state index contributed by atoms with van der Waals surface area (Å²) in [6.45, 7) is 0.891. The van der Waals surface area contributed by atoms with Gasteiger partial charge in [-0.1, -0.05) is 0 Å². The van der Waals surface area contributed by atoms with Crippen molar-refractivity contribution in [2.45, 2.75) is 44.4 Å². The first-order valence-corrected chi connectivity index (χ1v) is 6.01. The molecule has 1 aliphatic carbocycles. The van der Waals surface area contributed by atoms with Crippen LogP contribution in [0.5, 0.6) is 0 Å². The summed E-state index contributed by atoms with van der Waals surface area (Å²) in [7, 11) is 0. The van der Waals surface area contributed by atoms with Crippen molar-refractivity contribution >= 4 is 11.3 Å². The molecule has 0 aliphatic heterocycles. The van der Waals surface area contributed by atoms with E-state index >= 15 is 0 Å². The van der Waals surface area contributed by atoms with Crippen molar-refractivity contribution in [1.82, 2.24) is 10.3 Å². The first kappa shape index (κ1) is 10.1. The maximum absolute atomic E-state index is 9.49. The van der Waals surface area contributed by atoms with Gasteiger partial charge in [0.25, 0.3) is 0 Å². The van der Waals surface area contributed by atoms with Crippen LogP contribution in [0.4, 0.5) is 0 Å². The summed E-state index contributed by atoms with van der Waals surface area (Å²) in [6, 6.07) is 0.487. The Morgan fingerprint density at radius 1 is 1.57 bits per heavy atom. The predicted molar refractivity (Wildman–Crippen MR) is 57.2 cm³/mol. The van der Waals surface area contributed by atoms with Gasteiger partial charge in [-0.15, -0.1) is 11.3 Å². The van der Waals surface area contributed by atoms with Gasteiger partial charge in [0.05, 0.1) is 11.6 Å². The number of aliphatic hydroxyl groups is 1. The van der Waals surface area contributed by atoms with Crippen LogP contribution in [-0.2, 0) is 6.54 Å². The summed E-state index contributed by atoms with van der Waals surface area (Å²) >= 11 is 1.68. The highest BCUT2D eigenvalue weighted by atomic mass is 32.1.